The quantitative estimate of drug-likeness (QED) is 0.780. The average Bonchev–Trinajstić information content (AvgIpc) is 2.16. The van der Waals surface area contributed by atoms with Crippen LogP contribution in [0.4, 0.5) is 18.9 Å². The van der Waals surface area contributed by atoms with Gasteiger partial charge in [0.15, 0.2) is 5.75 Å². The van der Waals surface area contributed by atoms with Crippen molar-refractivity contribution in [3.05, 3.63) is 23.8 Å². The smallest absolute Gasteiger partial charge is 0.404 e. The maximum absolute atomic E-state index is 12.1. The Morgan fingerprint density at radius 1 is 1.27 bits per heavy atom. The summed E-state index contributed by atoms with van der Waals surface area (Å²) in [5.74, 6) is -0.139. The highest BCUT2D eigenvalue weighted by atomic mass is 19.4. The SMILES string of the molecule is FC(F)(F)Oc1cccc2c1NCCC2. The number of hydrogen-bond acceptors (Lipinski definition) is 2. The van der Waals surface area contributed by atoms with E-state index in [1.165, 1.54) is 6.07 Å². The first-order chi connectivity index (χ1) is 7.06. The summed E-state index contributed by atoms with van der Waals surface area (Å²) in [5.41, 5.74) is 1.35. The van der Waals surface area contributed by atoms with E-state index >= 15 is 0 Å². The first-order valence-electron chi connectivity index (χ1n) is 4.68. The molecule has 0 aliphatic carbocycles. The summed E-state index contributed by atoms with van der Waals surface area (Å²) in [6, 6.07) is 4.71. The molecule has 1 N–H and O–H groups in total. The van der Waals surface area contributed by atoms with Crippen LogP contribution in [0, 0.1) is 0 Å². The van der Waals surface area contributed by atoms with Crippen LogP contribution in [0.2, 0.25) is 0 Å². The maximum Gasteiger partial charge on any atom is 0.573 e. The summed E-state index contributed by atoms with van der Waals surface area (Å²) in [7, 11) is 0. The third-order valence-electron chi connectivity index (χ3n) is 2.26. The molecule has 0 unspecified atom stereocenters. The van der Waals surface area contributed by atoms with Crippen LogP contribution < -0.4 is 10.1 Å². The molecule has 0 fully saturated rings. The number of rotatable bonds is 1. The second-order valence-corrected chi connectivity index (χ2v) is 3.37. The molecule has 0 atom stereocenters. The molecular formula is C10H10F3NO. The molecule has 5 heteroatoms. The lowest BCUT2D eigenvalue weighted by molar-refractivity contribution is -0.274. The topological polar surface area (TPSA) is 21.3 Å². The molecule has 0 spiro atoms. The van der Waals surface area contributed by atoms with Gasteiger partial charge in [-0.3, -0.25) is 0 Å². The Labute approximate surface area is 85.0 Å². The van der Waals surface area contributed by atoms with E-state index in [2.05, 4.69) is 10.1 Å². The number of alkyl halides is 3. The second-order valence-electron chi connectivity index (χ2n) is 3.37. The van der Waals surface area contributed by atoms with Gasteiger partial charge in [0.2, 0.25) is 0 Å². The molecule has 0 aromatic heterocycles. The van der Waals surface area contributed by atoms with Gasteiger partial charge in [-0.25, -0.2) is 0 Å². The Kier molecular flexibility index (Phi) is 2.46. The van der Waals surface area contributed by atoms with Crippen LogP contribution in [0.1, 0.15) is 12.0 Å². The van der Waals surface area contributed by atoms with Crippen molar-refractivity contribution in [1.29, 1.82) is 0 Å². The van der Waals surface area contributed by atoms with Gasteiger partial charge in [0, 0.05) is 6.54 Å². The number of fused-ring (bicyclic) bond motifs is 1. The zero-order valence-electron chi connectivity index (χ0n) is 7.90. The van der Waals surface area contributed by atoms with Crippen molar-refractivity contribution in [2.45, 2.75) is 19.2 Å². The van der Waals surface area contributed by atoms with Gasteiger partial charge in [0.25, 0.3) is 0 Å². The largest absolute Gasteiger partial charge is 0.573 e. The Balaban J connectivity index is 2.31. The Bertz CT molecular complexity index is 362. The van der Waals surface area contributed by atoms with E-state index in [-0.39, 0.29) is 5.75 Å². The molecule has 0 amide bonds. The first kappa shape index (κ1) is 10.1. The average molecular weight is 217 g/mol. The van der Waals surface area contributed by atoms with Crippen molar-refractivity contribution in [1.82, 2.24) is 0 Å². The van der Waals surface area contributed by atoms with Crippen molar-refractivity contribution in [3.8, 4) is 5.75 Å². The molecule has 1 aromatic carbocycles. The number of para-hydroxylation sites is 1. The maximum atomic E-state index is 12.1. The van der Waals surface area contributed by atoms with E-state index in [0.717, 1.165) is 18.4 Å². The van der Waals surface area contributed by atoms with Crippen LogP contribution in [0.3, 0.4) is 0 Å². The predicted octanol–water partition coefficient (Wildman–Crippen LogP) is 2.94. The van der Waals surface area contributed by atoms with Crippen molar-refractivity contribution in [2.75, 3.05) is 11.9 Å². The van der Waals surface area contributed by atoms with E-state index in [0.29, 0.717) is 12.2 Å². The van der Waals surface area contributed by atoms with Crippen molar-refractivity contribution < 1.29 is 17.9 Å². The molecule has 15 heavy (non-hydrogen) atoms. The van der Waals surface area contributed by atoms with Crippen LogP contribution in [0.5, 0.6) is 5.75 Å². The summed E-state index contributed by atoms with van der Waals surface area (Å²) in [6.45, 7) is 0.686. The number of aryl methyl sites for hydroxylation is 1. The minimum atomic E-state index is -4.63. The zero-order chi connectivity index (χ0) is 10.9. The fourth-order valence-corrected chi connectivity index (χ4v) is 1.69. The number of benzene rings is 1. The van der Waals surface area contributed by atoms with Crippen LogP contribution in [-0.2, 0) is 6.42 Å². The number of hydrogen-bond donors (Lipinski definition) is 1. The lowest BCUT2D eigenvalue weighted by atomic mass is 10.0. The van der Waals surface area contributed by atoms with Crippen LogP contribution >= 0.6 is 0 Å². The minimum Gasteiger partial charge on any atom is -0.404 e. The molecule has 1 heterocycles. The van der Waals surface area contributed by atoms with E-state index < -0.39 is 6.36 Å². The zero-order valence-corrected chi connectivity index (χ0v) is 7.90. The summed E-state index contributed by atoms with van der Waals surface area (Å²) in [6.07, 6.45) is -2.91. The van der Waals surface area contributed by atoms with Gasteiger partial charge in [0.05, 0.1) is 5.69 Å². The summed E-state index contributed by atoms with van der Waals surface area (Å²) >= 11 is 0. The molecule has 0 radical (unpaired) electrons. The molecule has 1 aromatic rings. The molecule has 1 aliphatic rings. The number of ether oxygens (including phenoxy) is 1. The van der Waals surface area contributed by atoms with E-state index in [1.54, 1.807) is 6.07 Å². The minimum absolute atomic E-state index is 0.139. The molecule has 82 valence electrons. The lowest BCUT2D eigenvalue weighted by Gasteiger charge is -2.21. The van der Waals surface area contributed by atoms with Crippen LogP contribution in [0.25, 0.3) is 0 Å². The number of halogens is 3. The van der Waals surface area contributed by atoms with Gasteiger partial charge in [-0.1, -0.05) is 12.1 Å². The fraction of sp³-hybridized carbons (Fsp3) is 0.400. The van der Waals surface area contributed by atoms with Gasteiger partial charge in [-0.2, -0.15) is 0 Å². The van der Waals surface area contributed by atoms with Gasteiger partial charge < -0.3 is 10.1 Å². The molecule has 2 nitrogen and oxygen atoms in total. The van der Waals surface area contributed by atoms with Gasteiger partial charge >= 0.3 is 6.36 Å². The summed E-state index contributed by atoms with van der Waals surface area (Å²) in [4.78, 5) is 0. The Morgan fingerprint density at radius 3 is 2.80 bits per heavy atom. The van der Waals surface area contributed by atoms with Gasteiger partial charge in [0.1, 0.15) is 0 Å². The molecule has 0 bridgehead atoms. The third-order valence-corrected chi connectivity index (χ3v) is 2.26. The molecule has 0 saturated carbocycles. The normalized spacial score (nSPS) is 15.4. The van der Waals surface area contributed by atoms with Crippen molar-refractivity contribution in [2.24, 2.45) is 0 Å². The van der Waals surface area contributed by atoms with Crippen molar-refractivity contribution >= 4 is 5.69 Å². The van der Waals surface area contributed by atoms with Crippen LogP contribution in [-0.4, -0.2) is 12.9 Å². The summed E-state index contributed by atoms with van der Waals surface area (Å²) in [5, 5.41) is 2.93. The highest BCUT2D eigenvalue weighted by Gasteiger charge is 2.32. The van der Waals surface area contributed by atoms with Gasteiger partial charge in [-0.05, 0) is 24.5 Å². The standard InChI is InChI=1S/C10H10F3NO/c11-10(12,13)15-8-5-1-3-7-4-2-6-14-9(7)8/h1,3,5,14H,2,4,6H2. The summed E-state index contributed by atoms with van der Waals surface area (Å²) < 4.78 is 40.1. The predicted molar refractivity (Wildman–Crippen MR) is 49.9 cm³/mol. The van der Waals surface area contributed by atoms with E-state index in [9.17, 15) is 13.2 Å². The lowest BCUT2D eigenvalue weighted by Crippen LogP contribution is -2.20. The molecule has 2 rings (SSSR count). The Morgan fingerprint density at radius 2 is 2.07 bits per heavy atom. The third kappa shape index (κ3) is 2.34. The van der Waals surface area contributed by atoms with E-state index in [1.807, 2.05) is 6.07 Å². The number of nitrogens with one attached hydrogen (secondary N) is 1. The highest BCUT2D eigenvalue weighted by Crippen LogP contribution is 2.35. The monoisotopic (exact) mass is 217 g/mol. The molecule has 0 saturated heterocycles. The fourth-order valence-electron chi connectivity index (χ4n) is 1.69. The van der Waals surface area contributed by atoms with Crippen molar-refractivity contribution in [3.63, 3.8) is 0 Å². The number of anilines is 1. The van der Waals surface area contributed by atoms with E-state index in [4.69, 9.17) is 0 Å². The Hall–Kier alpha value is -1.39. The molecular weight excluding hydrogens is 207 g/mol. The second kappa shape index (κ2) is 3.64. The van der Waals surface area contributed by atoms with Gasteiger partial charge in [-0.15, -0.1) is 13.2 Å². The molecule has 1 aliphatic heterocycles. The van der Waals surface area contributed by atoms with Crippen LogP contribution in [0.15, 0.2) is 18.2 Å². The first-order valence-corrected chi connectivity index (χ1v) is 4.68. The highest BCUT2D eigenvalue weighted by molar-refractivity contribution is 5.63.